The van der Waals surface area contributed by atoms with Crippen molar-refractivity contribution in [3.8, 4) is 5.75 Å². The number of phenols is 1. The molecule has 0 saturated heterocycles. The van der Waals surface area contributed by atoms with E-state index in [9.17, 15) is 14.7 Å². The van der Waals surface area contributed by atoms with Crippen LogP contribution < -0.4 is 0 Å². The smallest absolute Gasteiger partial charge is 0.201 e. The van der Waals surface area contributed by atoms with E-state index in [1.807, 2.05) is 73.6 Å². The third-order valence-corrected chi connectivity index (χ3v) is 6.62. The van der Waals surface area contributed by atoms with Crippen LogP contribution in [-0.4, -0.2) is 16.7 Å². The molecule has 0 saturated carbocycles. The average Bonchev–Trinajstić information content (AvgIpc) is 2.61. The van der Waals surface area contributed by atoms with Crippen molar-refractivity contribution in [2.75, 3.05) is 0 Å². The van der Waals surface area contributed by atoms with Crippen molar-refractivity contribution in [2.24, 2.45) is 0 Å². The number of benzene rings is 2. The molecule has 0 aromatic heterocycles. The van der Waals surface area contributed by atoms with Gasteiger partial charge in [0.05, 0.1) is 4.48 Å². The molecule has 0 unspecified atom stereocenters. The fourth-order valence-corrected chi connectivity index (χ4v) is 4.54. The average molecular weight is 469 g/mol. The molecule has 4 heteroatoms. The van der Waals surface area contributed by atoms with Gasteiger partial charge in [-0.3, -0.25) is 9.59 Å². The van der Waals surface area contributed by atoms with Crippen LogP contribution in [0.1, 0.15) is 90.1 Å². The largest absolute Gasteiger partial charge is 0.507 e. The summed E-state index contributed by atoms with van der Waals surface area (Å²) in [5.74, 6) is -0.106. The number of fused-ring (bicyclic) bond motifs is 1. The highest BCUT2D eigenvalue weighted by Crippen LogP contribution is 2.44. The van der Waals surface area contributed by atoms with Gasteiger partial charge >= 0.3 is 0 Å². The molecule has 1 N–H and O–H groups in total. The number of carbonyl (C=O) groups excluding carboxylic acids is 2. The van der Waals surface area contributed by atoms with Crippen molar-refractivity contribution < 1.29 is 14.7 Å². The highest BCUT2D eigenvalue weighted by Gasteiger charge is 2.35. The molecule has 1 aliphatic carbocycles. The Labute approximate surface area is 187 Å². The van der Waals surface area contributed by atoms with Crippen LogP contribution in [0.4, 0.5) is 0 Å². The molecule has 0 fully saturated rings. The molecular weight excluding hydrogens is 440 g/mol. The number of hydrogen-bond acceptors (Lipinski definition) is 3. The third kappa shape index (κ3) is 3.56. The van der Waals surface area contributed by atoms with Gasteiger partial charge in [0, 0.05) is 27.8 Å². The molecule has 3 nitrogen and oxygen atoms in total. The molecule has 0 radical (unpaired) electrons. The number of ketones is 2. The minimum absolute atomic E-state index is 0.176. The van der Waals surface area contributed by atoms with E-state index in [-0.39, 0.29) is 32.6 Å². The number of Topliss-reactive ketones (excluding diaryl/α,β-unsaturated/α-hetero) is 2. The van der Waals surface area contributed by atoms with Crippen LogP contribution in [0.25, 0.3) is 5.57 Å². The monoisotopic (exact) mass is 468 g/mol. The first-order chi connectivity index (χ1) is 13.7. The Kier molecular flexibility index (Phi) is 5.39. The molecule has 1 aliphatic rings. The van der Waals surface area contributed by atoms with Gasteiger partial charge in [-0.15, -0.1) is 0 Å². The van der Waals surface area contributed by atoms with Gasteiger partial charge in [0.15, 0.2) is 5.78 Å². The van der Waals surface area contributed by atoms with E-state index in [1.54, 1.807) is 6.07 Å². The maximum absolute atomic E-state index is 13.5. The standard InChI is InChI=1S/C26H29BrO3/c1-13-9-10-16-19(14(13)2)24(30)21(27)20(22(16)28)15-11-17(25(3,4)5)23(29)18(12-15)26(6,7)8/h9-12,29H,1-8H3. The molecule has 0 amide bonds. The van der Waals surface area contributed by atoms with Crippen LogP contribution >= 0.6 is 15.9 Å². The van der Waals surface area contributed by atoms with Crippen molar-refractivity contribution in [2.45, 2.75) is 66.2 Å². The fraction of sp³-hybridized carbons (Fsp3) is 0.385. The molecular formula is C26H29BrO3. The zero-order chi connectivity index (χ0) is 22.8. The Morgan fingerprint density at radius 3 is 1.80 bits per heavy atom. The lowest BCUT2D eigenvalue weighted by atomic mass is 9.76. The molecule has 0 atom stereocenters. The highest BCUT2D eigenvalue weighted by molar-refractivity contribution is 9.12. The first-order valence-corrected chi connectivity index (χ1v) is 10.9. The molecule has 2 aromatic rings. The molecule has 3 rings (SSSR count). The zero-order valence-electron chi connectivity index (χ0n) is 19.0. The summed E-state index contributed by atoms with van der Waals surface area (Å²) in [6.07, 6.45) is 0. The van der Waals surface area contributed by atoms with Gasteiger partial charge in [-0.1, -0.05) is 53.7 Å². The zero-order valence-corrected chi connectivity index (χ0v) is 20.5. The van der Waals surface area contributed by atoms with Crippen LogP contribution in [0.5, 0.6) is 5.75 Å². The van der Waals surface area contributed by atoms with Crippen molar-refractivity contribution in [3.05, 3.63) is 67.7 Å². The summed E-state index contributed by atoms with van der Waals surface area (Å²) < 4.78 is 0.277. The van der Waals surface area contributed by atoms with Gasteiger partial charge in [-0.25, -0.2) is 0 Å². The molecule has 0 bridgehead atoms. The predicted octanol–water partition coefficient (Wildman–Crippen LogP) is 6.79. The van der Waals surface area contributed by atoms with Crippen LogP contribution in [0.15, 0.2) is 28.7 Å². The van der Waals surface area contributed by atoms with E-state index in [4.69, 9.17) is 0 Å². The van der Waals surface area contributed by atoms with Crippen molar-refractivity contribution in [3.63, 3.8) is 0 Å². The normalized spacial score (nSPS) is 15.0. The van der Waals surface area contributed by atoms with Crippen molar-refractivity contribution in [1.29, 1.82) is 0 Å². The first kappa shape index (κ1) is 22.5. The van der Waals surface area contributed by atoms with Crippen LogP contribution in [0, 0.1) is 13.8 Å². The number of aromatic hydroxyl groups is 1. The first-order valence-electron chi connectivity index (χ1n) is 10.1. The minimum Gasteiger partial charge on any atom is -0.507 e. The molecule has 0 aliphatic heterocycles. The summed E-state index contributed by atoms with van der Waals surface area (Å²) in [7, 11) is 0. The van der Waals surface area contributed by atoms with E-state index < -0.39 is 0 Å². The number of hydrogen-bond donors (Lipinski definition) is 1. The molecule has 30 heavy (non-hydrogen) atoms. The van der Waals surface area contributed by atoms with E-state index in [0.29, 0.717) is 22.3 Å². The fourth-order valence-electron chi connectivity index (χ4n) is 3.94. The summed E-state index contributed by atoms with van der Waals surface area (Å²) >= 11 is 3.44. The number of rotatable bonds is 1. The van der Waals surface area contributed by atoms with Crippen molar-refractivity contribution >= 4 is 33.1 Å². The van der Waals surface area contributed by atoms with Crippen LogP contribution in [-0.2, 0) is 10.8 Å². The van der Waals surface area contributed by atoms with Gasteiger partial charge in [0.1, 0.15) is 5.75 Å². The maximum Gasteiger partial charge on any atom is 0.201 e. The summed E-state index contributed by atoms with van der Waals surface area (Å²) in [6, 6.07) is 7.32. The number of allylic oxidation sites excluding steroid dienone is 2. The van der Waals surface area contributed by atoms with E-state index in [2.05, 4.69) is 15.9 Å². The summed E-state index contributed by atoms with van der Waals surface area (Å²) in [5.41, 5.74) is 4.56. The maximum atomic E-state index is 13.5. The summed E-state index contributed by atoms with van der Waals surface area (Å²) in [5, 5.41) is 11.0. The lowest BCUT2D eigenvalue weighted by molar-refractivity contribution is 0.0998. The van der Waals surface area contributed by atoms with E-state index in [1.165, 1.54) is 0 Å². The van der Waals surface area contributed by atoms with Gasteiger partial charge in [0.2, 0.25) is 5.78 Å². The SMILES string of the molecule is Cc1ccc2c(c1C)C(=O)C(Br)=C(c1cc(C(C)(C)C)c(O)c(C(C)(C)C)c1)C2=O. The number of aryl methyl sites for hydroxylation is 1. The Morgan fingerprint density at radius 1 is 0.833 bits per heavy atom. The van der Waals surface area contributed by atoms with Gasteiger partial charge < -0.3 is 5.11 Å². The van der Waals surface area contributed by atoms with Crippen LogP contribution in [0.3, 0.4) is 0 Å². The Hall–Kier alpha value is -2.20. The molecule has 0 heterocycles. The second-order valence-electron chi connectivity index (χ2n) is 10.2. The Bertz CT molecular complexity index is 1090. The molecule has 0 spiro atoms. The minimum atomic E-state index is -0.333. The Balaban J connectivity index is 2.36. The molecule has 158 valence electrons. The summed E-state index contributed by atoms with van der Waals surface area (Å²) in [4.78, 5) is 26.8. The predicted molar refractivity (Wildman–Crippen MR) is 126 cm³/mol. The second-order valence-corrected chi connectivity index (χ2v) is 11.0. The number of carbonyl (C=O) groups is 2. The number of halogens is 1. The van der Waals surface area contributed by atoms with E-state index in [0.717, 1.165) is 22.3 Å². The topological polar surface area (TPSA) is 54.4 Å². The Morgan fingerprint density at radius 2 is 1.33 bits per heavy atom. The van der Waals surface area contributed by atoms with Gasteiger partial charge in [0.25, 0.3) is 0 Å². The summed E-state index contributed by atoms with van der Waals surface area (Å²) in [6.45, 7) is 16.0. The van der Waals surface area contributed by atoms with Gasteiger partial charge in [-0.2, -0.15) is 0 Å². The van der Waals surface area contributed by atoms with E-state index >= 15 is 0 Å². The lowest BCUT2D eigenvalue weighted by Crippen LogP contribution is -2.22. The lowest BCUT2D eigenvalue weighted by Gasteiger charge is -2.29. The van der Waals surface area contributed by atoms with Crippen molar-refractivity contribution in [1.82, 2.24) is 0 Å². The number of phenolic OH excluding ortho intramolecular Hbond substituents is 1. The second kappa shape index (κ2) is 7.19. The highest BCUT2D eigenvalue weighted by atomic mass is 79.9. The van der Waals surface area contributed by atoms with Crippen LogP contribution in [0.2, 0.25) is 0 Å². The third-order valence-electron chi connectivity index (χ3n) is 5.87. The quantitative estimate of drug-likeness (QED) is 0.500. The van der Waals surface area contributed by atoms with Gasteiger partial charge in [-0.05, 0) is 69.4 Å². The molecule has 2 aromatic carbocycles.